The molecule has 8 heavy (non-hydrogen) atoms. The standard InChI is InChI=1S/C5H3O3/c6-4-2-1-3-8-5(4)7/h1-3H. The van der Waals surface area contributed by atoms with E-state index >= 15 is 0 Å². The molecule has 41 valence electrons. The SMILES string of the molecule is [O]c1cccoc1=O. The van der Waals surface area contributed by atoms with Crippen LogP contribution in [-0.2, 0) is 5.11 Å². The van der Waals surface area contributed by atoms with Gasteiger partial charge < -0.3 is 4.42 Å². The smallest absolute Gasteiger partial charge is 0.383 e. The van der Waals surface area contributed by atoms with E-state index in [2.05, 4.69) is 4.42 Å². The Morgan fingerprint density at radius 1 is 1.50 bits per heavy atom. The Labute approximate surface area is 45.2 Å². The first-order chi connectivity index (χ1) is 3.80. The molecule has 0 bridgehead atoms. The zero-order valence-corrected chi connectivity index (χ0v) is 3.96. The van der Waals surface area contributed by atoms with Gasteiger partial charge in [0.1, 0.15) is 0 Å². The molecule has 0 aromatic carbocycles. The van der Waals surface area contributed by atoms with Gasteiger partial charge in [-0.15, -0.1) is 0 Å². The van der Waals surface area contributed by atoms with Crippen LogP contribution < -0.4 is 5.63 Å². The van der Waals surface area contributed by atoms with Gasteiger partial charge in [-0.2, -0.15) is 0 Å². The first-order valence-electron chi connectivity index (χ1n) is 2.05. The molecule has 0 aliphatic rings. The molecule has 3 heteroatoms. The quantitative estimate of drug-likeness (QED) is 0.496. The second-order valence-electron chi connectivity index (χ2n) is 1.26. The highest BCUT2D eigenvalue weighted by molar-refractivity contribution is 5.10. The molecule has 0 atom stereocenters. The molecule has 0 amide bonds. The molecule has 0 saturated heterocycles. The Balaban J connectivity index is 3.35. The summed E-state index contributed by atoms with van der Waals surface area (Å²) >= 11 is 0. The number of hydrogen-bond acceptors (Lipinski definition) is 2. The predicted octanol–water partition coefficient (Wildman–Crippen LogP) is 0.784. The molecule has 0 unspecified atom stereocenters. The summed E-state index contributed by atoms with van der Waals surface area (Å²) in [5.74, 6) is -0.604. The summed E-state index contributed by atoms with van der Waals surface area (Å²) in [6.45, 7) is 0. The van der Waals surface area contributed by atoms with Gasteiger partial charge in [-0.25, -0.2) is 4.79 Å². The third kappa shape index (κ3) is 0.703. The fourth-order valence-corrected chi connectivity index (χ4v) is 0.354. The molecule has 0 fully saturated rings. The Morgan fingerprint density at radius 2 is 2.25 bits per heavy atom. The summed E-state index contributed by atoms with van der Waals surface area (Å²) in [7, 11) is 0. The van der Waals surface area contributed by atoms with Crippen LogP contribution in [0.1, 0.15) is 0 Å². The van der Waals surface area contributed by atoms with E-state index in [0.717, 1.165) is 6.07 Å². The molecule has 0 aliphatic heterocycles. The van der Waals surface area contributed by atoms with Crippen molar-refractivity contribution in [2.75, 3.05) is 0 Å². The highest BCUT2D eigenvalue weighted by Gasteiger charge is 1.93. The highest BCUT2D eigenvalue weighted by Crippen LogP contribution is 1.96. The van der Waals surface area contributed by atoms with Gasteiger partial charge in [0.05, 0.1) is 6.26 Å². The van der Waals surface area contributed by atoms with Crippen molar-refractivity contribution in [3.05, 3.63) is 28.8 Å². The van der Waals surface area contributed by atoms with E-state index < -0.39 is 11.4 Å². The summed E-state index contributed by atoms with van der Waals surface area (Å²) in [5.41, 5.74) is -0.812. The largest absolute Gasteiger partial charge is 0.429 e. The lowest BCUT2D eigenvalue weighted by molar-refractivity contribution is 0.324. The van der Waals surface area contributed by atoms with Crippen LogP contribution in [0.25, 0.3) is 0 Å². The molecular formula is C5H3O3. The summed E-state index contributed by atoms with van der Waals surface area (Å²) in [5, 5.41) is 10.2. The van der Waals surface area contributed by atoms with Gasteiger partial charge in [-0.3, -0.25) is 5.11 Å². The van der Waals surface area contributed by atoms with E-state index in [0.29, 0.717) is 0 Å². The molecule has 0 aliphatic carbocycles. The molecule has 1 rings (SSSR count). The van der Waals surface area contributed by atoms with E-state index in [4.69, 9.17) is 0 Å². The molecule has 3 nitrogen and oxygen atoms in total. The zero-order chi connectivity index (χ0) is 5.98. The van der Waals surface area contributed by atoms with Crippen molar-refractivity contribution in [2.24, 2.45) is 0 Å². The minimum atomic E-state index is -0.812. The lowest BCUT2D eigenvalue weighted by Crippen LogP contribution is -1.92. The second-order valence-corrected chi connectivity index (χ2v) is 1.26. The summed E-state index contributed by atoms with van der Waals surface area (Å²) < 4.78 is 4.19. The molecular weight excluding hydrogens is 108 g/mol. The van der Waals surface area contributed by atoms with Gasteiger partial charge in [0, 0.05) is 0 Å². The number of hydrogen-bond donors (Lipinski definition) is 0. The van der Waals surface area contributed by atoms with Crippen molar-refractivity contribution in [2.45, 2.75) is 0 Å². The Morgan fingerprint density at radius 3 is 2.62 bits per heavy atom. The third-order valence-corrected chi connectivity index (χ3v) is 0.702. The van der Waals surface area contributed by atoms with Gasteiger partial charge in [-0.05, 0) is 12.1 Å². The lowest BCUT2D eigenvalue weighted by Gasteiger charge is -1.77. The average Bonchev–Trinajstić information content (AvgIpc) is 1.77. The van der Waals surface area contributed by atoms with E-state index in [-0.39, 0.29) is 0 Å². The van der Waals surface area contributed by atoms with Crippen molar-refractivity contribution in [3.63, 3.8) is 0 Å². The van der Waals surface area contributed by atoms with E-state index in [1.165, 1.54) is 12.3 Å². The second kappa shape index (κ2) is 1.69. The summed E-state index contributed by atoms with van der Waals surface area (Å²) in [6.07, 6.45) is 1.17. The third-order valence-electron chi connectivity index (χ3n) is 0.702. The highest BCUT2D eigenvalue weighted by atomic mass is 16.4. The number of rotatable bonds is 0. The van der Waals surface area contributed by atoms with Crippen LogP contribution in [0.5, 0.6) is 5.75 Å². The van der Waals surface area contributed by atoms with Crippen LogP contribution in [0, 0.1) is 0 Å². The zero-order valence-electron chi connectivity index (χ0n) is 3.96. The Bertz CT molecular complexity index is 225. The van der Waals surface area contributed by atoms with Crippen molar-refractivity contribution in [1.82, 2.24) is 0 Å². The fourth-order valence-electron chi connectivity index (χ4n) is 0.354. The topological polar surface area (TPSA) is 50.1 Å². The lowest BCUT2D eigenvalue weighted by atomic mass is 10.5. The van der Waals surface area contributed by atoms with Crippen molar-refractivity contribution < 1.29 is 9.52 Å². The van der Waals surface area contributed by atoms with E-state index in [1.54, 1.807) is 0 Å². The maximum atomic E-state index is 10.2. The molecule has 0 spiro atoms. The maximum absolute atomic E-state index is 10.2. The van der Waals surface area contributed by atoms with Crippen molar-refractivity contribution >= 4 is 0 Å². The van der Waals surface area contributed by atoms with Crippen LogP contribution >= 0.6 is 0 Å². The molecule has 0 N–H and O–H groups in total. The first kappa shape index (κ1) is 4.90. The normalized spacial score (nSPS) is 9.00. The van der Waals surface area contributed by atoms with Gasteiger partial charge in [0.2, 0.25) is 0 Å². The van der Waals surface area contributed by atoms with Gasteiger partial charge in [0.25, 0.3) is 5.75 Å². The van der Waals surface area contributed by atoms with Gasteiger partial charge in [0.15, 0.2) is 0 Å². The van der Waals surface area contributed by atoms with Crippen molar-refractivity contribution in [3.8, 4) is 5.75 Å². The van der Waals surface area contributed by atoms with Crippen LogP contribution in [0.2, 0.25) is 0 Å². The molecule has 1 aromatic heterocycles. The predicted molar refractivity (Wildman–Crippen MR) is 25.1 cm³/mol. The van der Waals surface area contributed by atoms with Crippen LogP contribution in [0.4, 0.5) is 0 Å². The van der Waals surface area contributed by atoms with E-state index in [1.807, 2.05) is 0 Å². The summed E-state index contributed by atoms with van der Waals surface area (Å²) in [4.78, 5) is 10.1. The van der Waals surface area contributed by atoms with Crippen LogP contribution in [0.15, 0.2) is 27.6 Å². The Hall–Kier alpha value is -1.25. The molecule has 1 radical (unpaired) electrons. The fraction of sp³-hybridized carbons (Fsp3) is 0. The minimum Gasteiger partial charge on any atom is -0.429 e. The van der Waals surface area contributed by atoms with Crippen molar-refractivity contribution in [1.29, 1.82) is 0 Å². The monoisotopic (exact) mass is 111 g/mol. The first-order valence-corrected chi connectivity index (χ1v) is 2.05. The van der Waals surface area contributed by atoms with Gasteiger partial charge >= 0.3 is 5.63 Å². The maximum Gasteiger partial charge on any atom is 0.383 e. The van der Waals surface area contributed by atoms with E-state index in [9.17, 15) is 9.90 Å². The minimum absolute atomic E-state index is 0.604. The molecule has 1 heterocycles. The van der Waals surface area contributed by atoms with Crippen LogP contribution in [0.3, 0.4) is 0 Å². The van der Waals surface area contributed by atoms with Gasteiger partial charge in [-0.1, -0.05) is 0 Å². The average molecular weight is 111 g/mol. The summed E-state index contributed by atoms with van der Waals surface area (Å²) in [6, 6.07) is 2.54. The Kier molecular flexibility index (Phi) is 1.04. The van der Waals surface area contributed by atoms with Crippen LogP contribution in [-0.4, -0.2) is 0 Å². The molecule has 0 saturated carbocycles. The molecule has 1 aromatic rings.